The molecule has 3 rings (SSSR count). The molecule has 0 aliphatic rings. The van der Waals surface area contributed by atoms with Crippen molar-refractivity contribution in [3.05, 3.63) is 71.9 Å². The molecular weight excluding hydrogens is 318 g/mol. The van der Waals surface area contributed by atoms with Gasteiger partial charge in [-0.2, -0.15) is 5.10 Å². The predicted molar refractivity (Wildman–Crippen MR) is 94.2 cm³/mol. The fraction of sp³-hybridized carbons (Fsp3) is 0.105. The number of nitrogens with one attached hydrogen (secondary N) is 1. The van der Waals surface area contributed by atoms with Crippen molar-refractivity contribution in [1.82, 2.24) is 10.2 Å². The normalized spacial score (nSPS) is 10.2. The number of carbonyl (C=O) groups excluding carboxylic acids is 1. The van der Waals surface area contributed by atoms with Crippen molar-refractivity contribution in [2.24, 2.45) is 0 Å². The largest absolute Gasteiger partial charge is 0.496 e. The van der Waals surface area contributed by atoms with E-state index in [9.17, 15) is 4.79 Å². The van der Waals surface area contributed by atoms with Gasteiger partial charge in [0.2, 0.25) is 5.88 Å². The summed E-state index contributed by atoms with van der Waals surface area (Å²) in [7, 11) is 1.53. The molecule has 0 radical (unpaired) electrons. The monoisotopic (exact) mass is 335 g/mol. The molecule has 6 heteroatoms. The topological polar surface area (TPSA) is 73.3 Å². The summed E-state index contributed by atoms with van der Waals surface area (Å²) in [6.45, 7) is 1.85. The minimum absolute atomic E-state index is 0.260. The highest BCUT2D eigenvalue weighted by molar-refractivity contribution is 6.06. The Morgan fingerprint density at radius 3 is 2.60 bits per heavy atom. The van der Waals surface area contributed by atoms with E-state index in [0.29, 0.717) is 28.6 Å². The van der Waals surface area contributed by atoms with Crippen molar-refractivity contribution in [3.8, 4) is 17.4 Å². The molecule has 1 heterocycles. The number of aryl methyl sites for hydroxylation is 1. The first-order valence-electron chi connectivity index (χ1n) is 7.68. The molecule has 0 spiro atoms. The molecule has 0 fully saturated rings. The SMILES string of the molecule is COc1ccccc1C(=O)Nc1cccc(Oc2ccc(C)nn2)c1. The van der Waals surface area contributed by atoms with Crippen LogP contribution in [-0.2, 0) is 0 Å². The molecule has 0 saturated heterocycles. The molecular formula is C19H17N3O3. The average Bonchev–Trinajstić information content (AvgIpc) is 2.64. The van der Waals surface area contributed by atoms with E-state index in [1.165, 1.54) is 7.11 Å². The van der Waals surface area contributed by atoms with Gasteiger partial charge in [-0.1, -0.05) is 18.2 Å². The van der Waals surface area contributed by atoms with Crippen molar-refractivity contribution in [3.63, 3.8) is 0 Å². The third-order valence-corrected chi connectivity index (χ3v) is 3.44. The number of benzene rings is 2. The quantitative estimate of drug-likeness (QED) is 0.767. The molecule has 6 nitrogen and oxygen atoms in total. The Bertz CT molecular complexity index is 879. The first kappa shape index (κ1) is 16.4. The summed E-state index contributed by atoms with van der Waals surface area (Å²) >= 11 is 0. The van der Waals surface area contributed by atoms with Crippen LogP contribution in [0, 0.1) is 6.92 Å². The fourth-order valence-corrected chi connectivity index (χ4v) is 2.23. The zero-order chi connectivity index (χ0) is 17.6. The van der Waals surface area contributed by atoms with Gasteiger partial charge in [0.1, 0.15) is 11.5 Å². The number of hydrogen-bond donors (Lipinski definition) is 1. The summed E-state index contributed by atoms with van der Waals surface area (Å²) in [5, 5.41) is 10.7. The molecule has 1 amide bonds. The number of aromatic nitrogens is 2. The van der Waals surface area contributed by atoms with E-state index < -0.39 is 0 Å². The number of para-hydroxylation sites is 1. The van der Waals surface area contributed by atoms with Gasteiger partial charge in [0.25, 0.3) is 5.91 Å². The van der Waals surface area contributed by atoms with Crippen LogP contribution in [-0.4, -0.2) is 23.2 Å². The van der Waals surface area contributed by atoms with Gasteiger partial charge in [-0.3, -0.25) is 4.79 Å². The lowest BCUT2D eigenvalue weighted by Crippen LogP contribution is -2.13. The Hall–Kier alpha value is -3.41. The second-order valence-electron chi connectivity index (χ2n) is 5.30. The summed E-state index contributed by atoms with van der Waals surface area (Å²) in [4.78, 5) is 12.4. The lowest BCUT2D eigenvalue weighted by Gasteiger charge is -2.10. The summed E-state index contributed by atoms with van der Waals surface area (Å²) in [6, 6.07) is 17.7. The number of methoxy groups -OCH3 is 1. The molecule has 0 atom stereocenters. The Balaban J connectivity index is 1.75. The van der Waals surface area contributed by atoms with Gasteiger partial charge >= 0.3 is 0 Å². The molecule has 126 valence electrons. The molecule has 0 aliphatic carbocycles. The Kier molecular flexibility index (Phi) is 4.89. The third-order valence-electron chi connectivity index (χ3n) is 3.44. The maximum Gasteiger partial charge on any atom is 0.259 e. The van der Waals surface area contributed by atoms with Crippen LogP contribution in [0.1, 0.15) is 16.1 Å². The number of anilines is 1. The average molecular weight is 335 g/mol. The molecule has 2 aromatic carbocycles. The maximum absolute atomic E-state index is 12.4. The van der Waals surface area contributed by atoms with Crippen LogP contribution in [0.5, 0.6) is 17.4 Å². The molecule has 1 aromatic heterocycles. The van der Waals surface area contributed by atoms with Gasteiger partial charge in [-0.25, -0.2) is 0 Å². The summed E-state index contributed by atoms with van der Waals surface area (Å²) < 4.78 is 10.9. The molecule has 0 unspecified atom stereocenters. The number of amides is 1. The van der Waals surface area contributed by atoms with Gasteiger partial charge in [-0.15, -0.1) is 5.10 Å². The molecule has 1 N–H and O–H groups in total. The number of carbonyl (C=O) groups is 1. The van der Waals surface area contributed by atoms with E-state index >= 15 is 0 Å². The molecule has 25 heavy (non-hydrogen) atoms. The van der Waals surface area contributed by atoms with Gasteiger partial charge in [0, 0.05) is 17.8 Å². The van der Waals surface area contributed by atoms with E-state index in [4.69, 9.17) is 9.47 Å². The Morgan fingerprint density at radius 1 is 1.00 bits per heavy atom. The van der Waals surface area contributed by atoms with E-state index in [1.54, 1.807) is 48.5 Å². The van der Waals surface area contributed by atoms with Gasteiger partial charge in [-0.05, 0) is 37.3 Å². The lowest BCUT2D eigenvalue weighted by atomic mass is 10.2. The fourth-order valence-electron chi connectivity index (χ4n) is 2.23. The number of hydrogen-bond acceptors (Lipinski definition) is 5. The van der Waals surface area contributed by atoms with Crippen LogP contribution < -0.4 is 14.8 Å². The first-order valence-corrected chi connectivity index (χ1v) is 7.68. The molecule has 0 bridgehead atoms. The van der Waals surface area contributed by atoms with E-state index in [-0.39, 0.29) is 5.91 Å². The Labute approximate surface area is 145 Å². The smallest absolute Gasteiger partial charge is 0.259 e. The molecule has 0 saturated carbocycles. The van der Waals surface area contributed by atoms with Crippen molar-refractivity contribution in [2.45, 2.75) is 6.92 Å². The zero-order valence-electron chi connectivity index (χ0n) is 13.9. The minimum Gasteiger partial charge on any atom is -0.496 e. The van der Waals surface area contributed by atoms with Crippen LogP contribution in [0.4, 0.5) is 5.69 Å². The molecule has 3 aromatic rings. The zero-order valence-corrected chi connectivity index (χ0v) is 13.9. The van der Waals surface area contributed by atoms with Crippen LogP contribution in [0.2, 0.25) is 0 Å². The second-order valence-corrected chi connectivity index (χ2v) is 5.30. The highest BCUT2D eigenvalue weighted by atomic mass is 16.5. The van der Waals surface area contributed by atoms with E-state index in [0.717, 1.165) is 5.69 Å². The van der Waals surface area contributed by atoms with Crippen molar-refractivity contribution >= 4 is 11.6 Å². The van der Waals surface area contributed by atoms with Crippen molar-refractivity contribution in [1.29, 1.82) is 0 Å². The van der Waals surface area contributed by atoms with Gasteiger partial charge < -0.3 is 14.8 Å². The number of ether oxygens (including phenoxy) is 2. The van der Waals surface area contributed by atoms with Crippen LogP contribution in [0.25, 0.3) is 0 Å². The highest BCUT2D eigenvalue weighted by Crippen LogP contribution is 2.24. The van der Waals surface area contributed by atoms with Crippen LogP contribution in [0.3, 0.4) is 0 Å². The van der Waals surface area contributed by atoms with E-state index in [2.05, 4.69) is 15.5 Å². The minimum atomic E-state index is -0.260. The third kappa shape index (κ3) is 4.11. The van der Waals surface area contributed by atoms with Crippen molar-refractivity contribution in [2.75, 3.05) is 12.4 Å². The Morgan fingerprint density at radius 2 is 1.84 bits per heavy atom. The van der Waals surface area contributed by atoms with Crippen LogP contribution >= 0.6 is 0 Å². The first-order chi connectivity index (χ1) is 12.2. The predicted octanol–water partition coefficient (Wildman–Crippen LogP) is 3.84. The highest BCUT2D eigenvalue weighted by Gasteiger charge is 2.12. The number of rotatable bonds is 5. The summed E-state index contributed by atoms with van der Waals surface area (Å²) in [5.74, 6) is 1.20. The van der Waals surface area contributed by atoms with Gasteiger partial charge in [0.15, 0.2) is 0 Å². The lowest BCUT2D eigenvalue weighted by molar-refractivity contribution is 0.102. The second kappa shape index (κ2) is 7.44. The summed E-state index contributed by atoms with van der Waals surface area (Å²) in [5.41, 5.74) is 1.87. The van der Waals surface area contributed by atoms with Gasteiger partial charge in [0.05, 0.1) is 18.4 Å². The summed E-state index contributed by atoms with van der Waals surface area (Å²) in [6.07, 6.45) is 0. The standard InChI is InChI=1S/C19H17N3O3/c1-13-10-11-18(22-21-13)25-15-7-5-6-14(12-15)20-19(23)16-8-3-4-9-17(16)24-2/h3-12H,1-2H3,(H,20,23). The van der Waals surface area contributed by atoms with Crippen molar-refractivity contribution < 1.29 is 14.3 Å². The molecule has 0 aliphatic heterocycles. The van der Waals surface area contributed by atoms with Crippen LogP contribution in [0.15, 0.2) is 60.7 Å². The number of nitrogens with zero attached hydrogens (tertiary/aromatic N) is 2. The van der Waals surface area contributed by atoms with E-state index in [1.807, 2.05) is 19.1 Å². The maximum atomic E-state index is 12.4.